The zero-order valence-corrected chi connectivity index (χ0v) is 17.2. The Bertz CT molecular complexity index is 1190. The van der Waals surface area contributed by atoms with Gasteiger partial charge in [-0.15, -0.1) is 5.10 Å². The predicted octanol–water partition coefficient (Wildman–Crippen LogP) is 1.67. The second-order valence-corrected chi connectivity index (χ2v) is 7.86. The lowest BCUT2D eigenvalue weighted by atomic mass is 10.0. The monoisotopic (exact) mass is 431 g/mol. The minimum absolute atomic E-state index is 0.206. The summed E-state index contributed by atoms with van der Waals surface area (Å²) in [5, 5.41) is 10.6. The van der Waals surface area contributed by atoms with Gasteiger partial charge in [-0.1, -0.05) is 41.6 Å². The first kappa shape index (κ1) is 19.9. The van der Waals surface area contributed by atoms with Gasteiger partial charge >= 0.3 is 0 Å². The van der Waals surface area contributed by atoms with Crippen molar-refractivity contribution in [2.24, 2.45) is 0 Å². The molecular formula is C23H21N5O4. The first-order valence-electron chi connectivity index (χ1n) is 10.4. The Morgan fingerprint density at radius 2 is 1.91 bits per heavy atom. The van der Waals surface area contributed by atoms with Gasteiger partial charge in [0, 0.05) is 17.5 Å². The lowest BCUT2D eigenvalue weighted by Crippen LogP contribution is -2.52. The molecule has 5 rings (SSSR count). The third-order valence-electron chi connectivity index (χ3n) is 5.69. The van der Waals surface area contributed by atoms with Gasteiger partial charge in [0.15, 0.2) is 0 Å². The zero-order valence-electron chi connectivity index (χ0n) is 17.2. The average molecular weight is 431 g/mol. The summed E-state index contributed by atoms with van der Waals surface area (Å²) in [6.07, 6.45) is 2.38. The van der Waals surface area contributed by atoms with E-state index in [-0.39, 0.29) is 31.4 Å². The van der Waals surface area contributed by atoms with E-state index in [0.29, 0.717) is 30.0 Å². The highest BCUT2D eigenvalue weighted by Crippen LogP contribution is 2.33. The molecule has 1 N–H and O–H groups in total. The van der Waals surface area contributed by atoms with Crippen LogP contribution in [0, 0.1) is 0 Å². The Morgan fingerprint density at radius 3 is 2.72 bits per heavy atom. The molecule has 3 aromatic rings. The Kier molecular flexibility index (Phi) is 5.14. The van der Waals surface area contributed by atoms with Gasteiger partial charge in [0.1, 0.15) is 24.1 Å². The highest BCUT2D eigenvalue weighted by molar-refractivity contribution is 6.05. The Hall–Kier alpha value is -4.01. The largest absolute Gasteiger partial charge is 0.487 e. The number of piperidine rings is 1. The molecular weight excluding hydrogens is 410 g/mol. The normalized spacial score (nSPS) is 17.9. The van der Waals surface area contributed by atoms with Crippen molar-refractivity contribution in [1.82, 2.24) is 25.2 Å². The molecule has 9 nitrogen and oxygen atoms in total. The van der Waals surface area contributed by atoms with Crippen LogP contribution < -0.4 is 10.1 Å². The van der Waals surface area contributed by atoms with Gasteiger partial charge in [-0.05, 0) is 24.1 Å². The van der Waals surface area contributed by atoms with Crippen molar-refractivity contribution in [1.29, 1.82) is 0 Å². The number of ether oxygens (including phenoxy) is 1. The van der Waals surface area contributed by atoms with Crippen molar-refractivity contribution in [3.05, 3.63) is 77.1 Å². The first-order chi connectivity index (χ1) is 15.6. The predicted molar refractivity (Wildman–Crippen MR) is 112 cm³/mol. The quantitative estimate of drug-likeness (QED) is 0.595. The van der Waals surface area contributed by atoms with Crippen LogP contribution in [-0.2, 0) is 29.3 Å². The maximum absolute atomic E-state index is 12.9. The van der Waals surface area contributed by atoms with Crippen molar-refractivity contribution in [2.45, 2.75) is 38.6 Å². The number of aromatic nitrogens is 3. The van der Waals surface area contributed by atoms with Crippen LogP contribution >= 0.6 is 0 Å². The van der Waals surface area contributed by atoms with Gasteiger partial charge in [-0.2, -0.15) is 0 Å². The standard InChI is InChI=1S/C23H21N5O4/c29-21-10-9-19(22(30)24-21)28-13-18-17(23(28)31)7-4-8-20(18)32-14-16-12-27(26-25-16)11-15-5-2-1-3-6-15/h1-8,12,19H,9-11,13-14H2,(H,24,29,30). The summed E-state index contributed by atoms with van der Waals surface area (Å²) in [6, 6.07) is 14.6. The van der Waals surface area contributed by atoms with Crippen molar-refractivity contribution in [3.8, 4) is 5.75 Å². The number of amides is 3. The van der Waals surface area contributed by atoms with Gasteiger partial charge in [0.2, 0.25) is 11.8 Å². The van der Waals surface area contributed by atoms with E-state index in [1.807, 2.05) is 36.5 Å². The molecule has 1 atom stereocenters. The first-order valence-corrected chi connectivity index (χ1v) is 10.4. The number of fused-ring (bicyclic) bond motifs is 1. The number of carbonyl (C=O) groups excluding carboxylic acids is 3. The molecule has 0 aliphatic carbocycles. The Morgan fingerprint density at radius 1 is 1.06 bits per heavy atom. The van der Waals surface area contributed by atoms with Crippen LogP contribution in [0.3, 0.4) is 0 Å². The van der Waals surface area contributed by atoms with E-state index in [1.54, 1.807) is 22.9 Å². The van der Waals surface area contributed by atoms with E-state index in [1.165, 1.54) is 4.90 Å². The van der Waals surface area contributed by atoms with Crippen LogP contribution in [0.5, 0.6) is 5.75 Å². The maximum atomic E-state index is 12.9. The van der Waals surface area contributed by atoms with Crippen molar-refractivity contribution in [2.75, 3.05) is 0 Å². The highest BCUT2D eigenvalue weighted by Gasteiger charge is 2.40. The number of nitrogens with zero attached hydrogens (tertiary/aromatic N) is 4. The summed E-state index contributed by atoms with van der Waals surface area (Å²) >= 11 is 0. The van der Waals surface area contributed by atoms with Crippen molar-refractivity contribution < 1.29 is 19.1 Å². The lowest BCUT2D eigenvalue weighted by molar-refractivity contribution is -0.136. The van der Waals surface area contributed by atoms with E-state index in [2.05, 4.69) is 15.6 Å². The van der Waals surface area contributed by atoms with Crippen LogP contribution in [0.1, 0.15) is 40.0 Å². The van der Waals surface area contributed by atoms with Crippen LogP contribution in [0.25, 0.3) is 0 Å². The smallest absolute Gasteiger partial charge is 0.255 e. The molecule has 1 saturated heterocycles. The second kappa shape index (κ2) is 8.26. The second-order valence-electron chi connectivity index (χ2n) is 7.86. The number of nitrogens with one attached hydrogen (secondary N) is 1. The molecule has 3 amide bonds. The molecule has 32 heavy (non-hydrogen) atoms. The van der Waals surface area contributed by atoms with E-state index in [4.69, 9.17) is 4.74 Å². The molecule has 9 heteroatoms. The molecule has 162 valence electrons. The molecule has 0 spiro atoms. The summed E-state index contributed by atoms with van der Waals surface area (Å²) in [6.45, 7) is 1.08. The third-order valence-corrected chi connectivity index (χ3v) is 5.69. The molecule has 1 aromatic heterocycles. The maximum Gasteiger partial charge on any atom is 0.255 e. The molecule has 0 bridgehead atoms. The summed E-state index contributed by atoms with van der Waals surface area (Å²) < 4.78 is 7.72. The minimum Gasteiger partial charge on any atom is -0.487 e. The number of hydrogen-bond donors (Lipinski definition) is 1. The van der Waals surface area contributed by atoms with Gasteiger partial charge in [0.05, 0.1) is 19.3 Å². The Balaban J connectivity index is 1.27. The number of imide groups is 1. The van der Waals surface area contributed by atoms with Gasteiger partial charge < -0.3 is 9.64 Å². The van der Waals surface area contributed by atoms with E-state index in [0.717, 1.165) is 11.1 Å². The fourth-order valence-electron chi connectivity index (χ4n) is 4.10. The summed E-state index contributed by atoms with van der Waals surface area (Å²) in [5.41, 5.74) is 3.04. The topological polar surface area (TPSA) is 106 Å². The van der Waals surface area contributed by atoms with Crippen LogP contribution in [0.15, 0.2) is 54.7 Å². The third kappa shape index (κ3) is 3.84. The number of benzene rings is 2. The molecule has 2 aliphatic rings. The minimum atomic E-state index is -0.654. The molecule has 1 fully saturated rings. The number of rotatable bonds is 6. The molecule has 2 aromatic carbocycles. The summed E-state index contributed by atoms with van der Waals surface area (Å²) in [4.78, 5) is 38.1. The van der Waals surface area contributed by atoms with Crippen LogP contribution in [0.2, 0.25) is 0 Å². The van der Waals surface area contributed by atoms with Crippen LogP contribution in [-0.4, -0.2) is 43.7 Å². The zero-order chi connectivity index (χ0) is 22.1. The van der Waals surface area contributed by atoms with Gasteiger partial charge in [-0.25, -0.2) is 4.68 Å². The lowest BCUT2D eigenvalue weighted by Gasteiger charge is -2.29. The van der Waals surface area contributed by atoms with Gasteiger partial charge in [0.25, 0.3) is 5.91 Å². The average Bonchev–Trinajstić information content (AvgIpc) is 3.38. The Labute approximate surface area is 184 Å². The van der Waals surface area contributed by atoms with Gasteiger partial charge in [-0.3, -0.25) is 19.7 Å². The highest BCUT2D eigenvalue weighted by atomic mass is 16.5. The van der Waals surface area contributed by atoms with E-state index in [9.17, 15) is 14.4 Å². The van der Waals surface area contributed by atoms with Crippen molar-refractivity contribution in [3.63, 3.8) is 0 Å². The van der Waals surface area contributed by atoms with E-state index < -0.39 is 11.9 Å². The fourth-order valence-corrected chi connectivity index (χ4v) is 4.10. The SMILES string of the molecule is O=C1CCC(N2Cc3c(OCc4cn(Cc5ccccc5)nn4)cccc3C2=O)C(=O)N1. The number of hydrogen-bond acceptors (Lipinski definition) is 6. The van der Waals surface area contributed by atoms with Crippen LogP contribution in [0.4, 0.5) is 0 Å². The number of carbonyl (C=O) groups is 3. The summed E-state index contributed by atoms with van der Waals surface area (Å²) in [7, 11) is 0. The molecule has 3 heterocycles. The summed E-state index contributed by atoms with van der Waals surface area (Å²) in [5.74, 6) is -0.392. The molecule has 2 aliphatic heterocycles. The molecule has 0 saturated carbocycles. The van der Waals surface area contributed by atoms with Crippen molar-refractivity contribution >= 4 is 17.7 Å². The molecule has 1 unspecified atom stereocenters. The fraction of sp³-hybridized carbons (Fsp3) is 0.261. The van der Waals surface area contributed by atoms with E-state index >= 15 is 0 Å². The molecule has 0 radical (unpaired) electrons.